The lowest BCUT2D eigenvalue weighted by atomic mass is 9.57. The van der Waals surface area contributed by atoms with Crippen molar-refractivity contribution < 1.29 is 29.3 Å². The van der Waals surface area contributed by atoms with Crippen LogP contribution in [0.25, 0.3) is 0 Å². The van der Waals surface area contributed by atoms with E-state index in [0.29, 0.717) is 0 Å². The van der Waals surface area contributed by atoms with Gasteiger partial charge in [-0.15, -0.1) is 0 Å². The maximum atomic E-state index is 12.6. The standard InChI is InChI=1S/C19H20Cl2O6/c1-4-27-18(3)8-14(16(23)24)15(10(2)22)19(9-18,17(25)26)11-5-12(20)7-13(21)6-11/h5-8,15H,4,9H2,1-3H3,(H,23,24)(H,25,26). The van der Waals surface area contributed by atoms with Gasteiger partial charge in [-0.3, -0.25) is 9.59 Å². The second-order valence-corrected chi connectivity index (χ2v) is 7.68. The topological polar surface area (TPSA) is 101 Å². The molecule has 0 heterocycles. The predicted octanol–water partition coefficient (Wildman–Crippen LogP) is 3.73. The Hall–Kier alpha value is -1.89. The first kappa shape index (κ1) is 21.4. The molecular weight excluding hydrogens is 395 g/mol. The molecule has 2 N–H and O–H groups in total. The second kappa shape index (κ2) is 7.62. The fourth-order valence-corrected chi connectivity index (χ4v) is 4.49. The monoisotopic (exact) mass is 414 g/mol. The first-order valence-corrected chi connectivity index (χ1v) is 9.03. The summed E-state index contributed by atoms with van der Waals surface area (Å²) in [6.45, 7) is 4.72. The lowest BCUT2D eigenvalue weighted by Crippen LogP contribution is -2.55. The molecule has 27 heavy (non-hydrogen) atoms. The molecule has 0 saturated carbocycles. The molecule has 1 aliphatic carbocycles. The molecule has 6 nitrogen and oxygen atoms in total. The number of ether oxygens (including phenoxy) is 1. The Morgan fingerprint density at radius 3 is 2.15 bits per heavy atom. The summed E-state index contributed by atoms with van der Waals surface area (Å²) in [7, 11) is 0. The summed E-state index contributed by atoms with van der Waals surface area (Å²) in [5.41, 5.74) is -3.26. The first-order chi connectivity index (χ1) is 12.5. The van der Waals surface area contributed by atoms with Crippen LogP contribution < -0.4 is 0 Å². The minimum Gasteiger partial charge on any atom is -0.481 e. The fraction of sp³-hybridized carbons (Fsp3) is 0.421. The molecule has 0 radical (unpaired) electrons. The zero-order valence-corrected chi connectivity index (χ0v) is 16.6. The van der Waals surface area contributed by atoms with Crippen LogP contribution in [0.15, 0.2) is 29.8 Å². The maximum absolute atomic E-state index is 12.6. The van der Waals surface area contributed by atoms with E-state index in [4.69, 9.17) is 27.9 Å². The van der Waals surface area contributed by atoms with Gasteiger partial charge in [-0.25, -0.2) is 4.79 Å². The SMILES string of the molecule is CCOC1(C)C=C(C(=O)O)C(C(C)=O)C(C(=O)O)(c2cc(Cl)cc(Cl)c2)C1. The molecule has 0 spiro atoms. The van der Waals surface area contributed by atoms with Crippen LogP contribution in [-0.4, -0.2) is 40.1 Å². The van der Waals surface area contributed by atoms with Crippen molar-refractivity contribution in [1.82, 2.24) is 0 Å². The van der Waals surface area contributed by atoms with Gasteiger partial charge in [0.2, 0.25) is 0 Å². The zero-order valence-electron chi connectivity index (χ0n) is 15.1. The lowest BCUT2D eigenvalue weighted by molar-refractivity contribution is -0.154. The normalized spacial score (nSPS) is 27.7. The van der Waals surface area contributed by atoms with Gasteiger partial charge >= 0.3 is 11.9 Å². The zero-order chi connectivity index (χ0) is 20.6. The summed E-state index contributed by atoms with van der Waals surface area (Å²) in [5.74, 6) is -4.73. The summed E-state index contributed by atoms with van der Waals surface area (Å²) >= 11 is 12.1. The summed E-state index contributed by atoms with van der Waals surface area (Å²) < 4.78 is 5.69. The van der Waals surface area contributed by atoms with Crippen LogP contribution >= 0.6 is 23.2 Å². The Bertz CT molecular complexity index is 813. The highest BCUT2D eigenvalue weighted by Crippen LogP contribution is 2.50. The van der Waals surface area contributed by atoms with Crippen LogP contribution in [0.1, 0.15) is 32.8 Å². The average Bonchev–Trinajstić information content (AvgIpc) is 2.52. The van der Waals surface area contributed by atoms with Crippen molar-refractivity contribution in [2.24, 2.45) is 5.92 Å². The number of ketones is 1. The molecule has 1 aromatic carbocycles. The number of carbonyl (C=O) groups is 3. The van der Waals surface area contributed by atoms with E-state index in [1.54, 1.807) is 13.8 Å². The first-order valence-electron chi connectivity index (χ1n) is 8.27. The van der Waals surface area contributed by atoms with Gasteiger partial charge in [0, 0.05) is 28.6 Å². The number of benzene rings is 1. The fourth-order valence-electron chi connectivity index (χ4n) is 3.96. The number of carboxylic acid groups (broad SMARTS) is 2. The van der Waals surface area contributed by atoms with Crippen molar-refractivity contribution >= 4 is 40.9 Å². The molecule has 2 rings (SSSR count). The molecule has 0 fully saturated rings. The van der Waals surface area contributed by atoms with E-state index >= 15 is 0 Å². The molecule has 0 bridgehead atoms. The Morgan fingerprint density at radius 2 is 1.74 bits per heavy atom. The van der Waals surface area contributed by atoms with E-state index < -0.39 is 34.7 Å². The summed E-state index contributed by atoms with van der Waals surface area (Å²) in [4.78, 5) is 36.9. The van der Waals surface area contributed by atoms with Crippen molar-refractivity contribution in [2.45, 2.75) is 38.2 Å². The maximum Gasteiger partial charge on any atom is 0.332 e. The number of rotatable bonds is 6. The van der Waals surface area contributed by atoms with Gasteiger partial charge in [-0.05, 0) is 50.6 Å². The Labute approximate surface area is 166 Å². The van der Waals surface area contributed by atoms with Crippen LogP contribution in [0.3, 0.4) is 0 Å². The van der Waals surface area contributed by atoms with Crippen molar-refractivity contribution in [3.63, 3.8) is 0 Å². The van der Waals surface area contributed by atoms with E-state index in [9.17, 15) is 24.6 Å². The van der Waals surface area contributed by atoms with Gasteiger partial charge in [-0.2, -0.15) is 0 Å². The van der Waals surface area contributed by atoms with Gasteiger partial charge in [0.25, 0.3) is 0 Å². The van der Waals surface area contributed by atoms with E-state index in [-0.39, 0.29) is 34.2 Å². The van der Waals surface area contributed by atoms with Crippen LogP contribution in [0, 0.1) is 5.92 Å². The van der Waals surface area contributed by atoms with Gasteiger partial charge in [-0.1, -0.05) is 23.2 Å². The van der Waals surface area contributed by atoms with Gasteiger partial charge in [0.15, 0.2) is 0 Å². The minimum atomic E-state index is -1.90. The number of carbonyl (C=O) groups excluding carboxylic acids is 1. The third-order valence-electron chi connectivity index (χ3n) is 4.78. The molecule has 1 aromatic rings. The number of Topliss-reactive ketones (excluding diaryl/α,β-unsaturated/α-hetero) is 1. The summed E-state index contributed by atoms with van der Waals surface area (Å²) in [5, 5.41) is 20.3. The molecule has 0 aliphatic heterocycles. The summed E-state index contributed by atoms with van der Waals surface area (Å²) in [6, 6.07) is 4.23. The van der Waals surface area contributed by atoms with E-state index in [1.165, 1.54) is 31.2 Å². The Balaban J connectivity index is 2.90. The molecule has 3 unspecified atom stereocenters. The number of carboxylic acids is 2. The molecule has 1 aliphatic rings. The highest BCUT2D eigenvalue weighted by atomic mass is 35.5. The van der Waals surface area contributed by atoms with Crippen LogP contribution in [0.4, 0.5) is 0 Å². The quantitative estimate of drug-likeness (QED) is 0.734. The highest BCUT2D eigenvalue weighted by Gasteiger charge is 2.58. The van der Waals surface area contributed by atoms with Crippen molar-refractivity contribution in [1.29, 1.82) is 0 Å². The van der Waals surface area contributed by atoms with Gasteiger partial charge < -0.3 is 14.9 Å². The van der Waals surface area contributed by atoms with Crippen LogP contribution in [0.2, 0.25) is 10.0 Å². The van der Waals surface area contributed by atoms with Crippen molar-refractivity contribution in [2.75, 3.05) is 6.61 Å². The number of hydrogen-bond donors (Lipinski definition) is 2. The van der Waals surface area contributed by atoms with Crippen LogP contribution in [-0.2, 0) is 24.5 Å². The van der Waals surface area contributed by atoms with E-state index in [2.05, 4.69) is 0 Å². The number of halogens is 2. The molecule has 3 atom stereocenters. The smallest absolute Gasteiger partial charge is 0.332 e. The Morgan fingerprint density at radius 1 is 1.19 bits per heavy atom. The third-order valence-corrected chi connectivity index (χ3v) is 5.22. The van der Waals surface area contributed by atoms with Gasteiger partial charge in [0.05, 0.1) is 11.5 Å². The number of hydrogen-bond acceptors (Lipinski definition) is 4. The molecule has 8 heteroatoms. The minimum absolute atomic E-state index is 0.152. The van der Waals surface area contributed by atoms with Gasteiger partial charge in [0.1, 0.15) is 11.2 Å². The highest BCUT2D eigenvalue weighted by molar-refractivity contribution is 6.34. The summed E-state index contributed by atoms with van der Waals surface area (Å²) in [6.07, 6.45) is 1.18. The average molecular weight is 415 g/mol. The molecule has 0 amide bonds. The third kappa shape index (κ3) is 3.88. The largest absolute Gasteiger partial charge is 0.481 e. The number of aliphatic carboxylic acids is 2. The van der Waals surface area contributed by atoms with Crippen molar-refractivity contribution in [3.8, 4) is 0 Å². The lowest BCUT2D eigenvalue weighted by Gasteiger charge is -2.46. The van der Waals surface area contributed by atoms with Crippen molar-refractivity contribution in [3.05, 3.63) is 45.5 Å². The molecular formula is C19H20Cl2O6. The van der Waals surface area contributed by atoms with Crippen LogP contribution in [0.5, 0.6) is 0 Å². The Kier molecular flexibility index (Phi) is 6.04. The molecule has 0 saturated heterocycles. The molecule has 146 valence electrons. The van der Waals surface area contributed by atoms with E-state index in [1.807, 2.05) is 0 Å². The predicted molar refractivity (Wildman–Crippen MR) is 100 cm³/mol. The second-order valence-electron chi connectivity index (χ2n) is 6.81. The molecule has 0 aromatic heterocycles. The van der Waals surface area contributed by atoms with E-state index in [0.717, 1.165) is 0 Å².